The fourth-order valence-corrected chi connectivity index (χ4v) is 8.84. The van der Waals surface area contributed by atoms with E-state index in [0.717, 1.165) is 22.5 Å². The molecule has 1 aliphatic heterocycles. The molecule has 1 aliphatic carbocycles. The molecule has 1 heterocycles. The Bertz CT molecular complexity index is 1310. The second kappa shape index (κ2) is 9.35. The first kappa shape index (κ1) is 26.4. The van der Waals surface area contributed by atoms with E-state index in [0.29, 0.717) is 11.4 Å². The highest BCUT2D eigenvalue weighted by Crippen LogP contribution is 2.48. The highest BCUT2D eigenvalue weighted by Gasteiger charge is 2.50. The molecule has 0 spiro atoms. The monoisotopic (exact) mass is 548 g/mol. The second-order valence-electron chi connectivity index (χ2n) is 9.55. The van der Waals surface area contributed by atoms with Gasteiger partial charge in [-0.05, 0) is 81.5 Å². The fourth-order valence-electron chi connectivity index (χ4n) is 4.96. The van der Waals surface area contributed by atoms with E-state index in [4.69, 9.17) is 11.6 Å². The molecular weight excluding hydrogens is 522 g/mol. The molecule has 12 heteroatoms. The summed E-state index contributed by atoms with van der Waals surface area (Å²) in [7, 11) is -8.13. The van der Waals surface area contributed by atoms with Crippen molar-refractivity contribution in [3.63, 3.8) is 0 Å². The van der Waals surface area contributed by atoms with E-state index in [-0.39, 0.29) is 49.2 Å². The van der Waals surface area contributed by atoms with Crippen molar-refractivity contribution in [1.82, 2.24) is 9.03 Å². The number of hydrogen-bond donors (Lipinski definition) is 2. The maximum atomic E-state index is 15.0. The Morgan fingerprint density at radius 3 is 2.23 bits per heavy atom. The summed E-state index contributed by atoms with van der Waals surface area (Å²) in [6.07, 6.45) is 0.241. The normalized spacial score (nSPS) is 28.3. The number of sulfone groups is 1. The lowest BCUT2D eigenvalue weighted by Gasteiger charge is -2.40. The lowest BCUT2D eigenvalue weighted by Crippen LogP contribution is -2.49. The molecule has 2 aromatic rings. The topological polar surface area (TPSA) is 104 Å². The molecule has 0 amide bonds. The highest BCUT2D eigenvalue weighted by molar-refractivity contribution is 7.92. The minimum atomic E-state index is -4.22. The van der Waals surface area contributed by atoms with Crippen LogP contribution >= 0.6 is 11.6 Å². The molecule has 4 rings (SSSR count). The third-order valence-electron chi connectivity index (χ3n) is 6.92. The molecule has 192 valence electrons. The van der Waals surface area contributed by atoms with Crippen LogP contribution in [0, 0.1) is 11.6 Å². The van der Waals surface area contributed by atoms with Crippen LogP contribution in [-0.4, -0.2) is 51.0 Å². The molecule has 1 unspecified atom stereocenters. The molecule has 2 N–H and O–H groups in total. The minimum absolute atomic E-state index is 0.0432. The van der Waals surface area contributed by atoms with Crippen molar-refractivity contribution in [3.8, 4) is 0 Å². The van der Waals surface area contributed by atoms with Gasteiger partial charge >= 0.3 is 0 Å². The molecular formula is C23H27ClF2N2O5S2. The summed E-state index contributed by atoms with van der Waals surface area (Å²) < 4.78 is 84.4. The zero-order valence-corrected chi connectivity index (χ0v) is 21.4. The van der Waals surface area contributed by atoms with Gasteiger partial charge in [-0.25, -0.2) is 17.2 Å². The van der Waals surface area contributed by atoms with Crippen LogP contribution in [0.4, 0.5) is 8.78 Å². The van der Waals surface area contributed by atoms with Crippen LogP contribution in [0.5, 0.6) is 0 Å². The lowest BCUT2D eigenvalue weighted by molar-refractivity contribution is 0.0761. The van der Waals surface area contributed by atoms with Crippen LogP contribution in [-0.2, 0) is 24.8 Å². The van der Waals surface area contributed by atoms with E-state index in [1.807, 2.05) is 0 Å². The number of aliphatic hydroxyl groups is 1. The first-order valence-electron chi connectivity index (χ1n) is 11.2. The predicted octanol–water partition coefficient (Wildman–Crippen LogP) is 3.52. The predicted molar refractivity (Wildman–Crippen MR) is 128 cm³/mol. The van der Waals surface area contributed by atoms with E-state index in [2.05, 4.69) is 4.72 Å². The van der Waals surface area contributed by atoms with Crippen LogP contribution in [0.3, 0.4) is 0 Å². The van der Waals surface area contributed by atoms with Crippen molar-refractivity contribution in [1.29, 1.82) is 0 Å². The van der Waals surface area contributed by atoms with Gasteiger partial charge in [-0.3, -0.25) is 0 Å². The summed E-state index contributed by atoms with van der Waals surface area (Å²) in [6.45, 7) is 1.68. The summed E-state index contributed by atoms with van der Waals surface area (Å²) in [5, 5.41) is 10.4. The first-order valence-corrected chi connectivity index (χ1v) is 14.5. The Morgan fingerprint density at radius 1 is 1.03 bits per heavy atom. The van der Waals surface area contributed by atoms with E-state index in [9.17, 15) is 30.7 Å². The largest absolute Gasteiger partial charge is 0.389 e. The van der Waals surface area contributed by atoms with Gasteiger partial charge < -0.3 is 5.11 Å². The molecule has 7 nitrogen and oxygen atoms in total. The van der Waals surface area contributed by atoms with Crippen molar-refractivity contribution in [2.24, 2.45) is 0 Å². The fraction of sp³-hybridized carbons (Fsp3) is 0.478. The first-order chi connectivity index (χ1) is 16.3. The quantitative estimate of drug-likeness (QED) is 0.575. The Morgan fingerprint density at radius 2 is 1.66 bits per heavy atom. The number of rotatable bonds is 6. The summed E-state index contributed by atoms with van der Waals surface area (Å²) in [4.78, 5) is -0.0797. The standard InChI is InChI=1S/C23H27ClF2N2O5S2/c1-22(29)12-13-28(15-22)35(32,33)27-18-8-10-23(11-9-18,20-14-17(25)4-7-21(20)26)34(30,31)19-5-2-16(24)3-6-19/h2-7,14,18,27,29H,8-13,15H2,1H3. The van der Waals surface area contributed by atoms with Crippen LogP contribution in [0.25, 0.3) is 0 Å². The van der Waals surface area contributed by atoms with Gasteiger partial charge in [0.25, 0.3) is 10.2 Å². The Hall–Kier alpha value is -1.63. The van der Waals surface area contributed by atoms with Gasteiger partial charge in [0.05, 0.1) is 10.5 Å². The Labute approximate surface area is 209 Å². The van der Waals surface area contributed by atoms with Crippen molar-refractivity contribution in [2.45, 2.75) is 60.3 Å². The Balaban J connectivity index is 1.65. The number of halogens is 3. The molecule has 2 fully saturated rings. The molecule has 1 atom stereocenters. The average Bonchev–Trinajstić information content (AvgIpc) is 3.17. The second-order valence-corrected chi connectivity index (χ2v) is 14.0. The van der Waals surface area contributed by atoms with Gasteiger partial charge in [-0.2, -0.15) is 17.4 Å². The van der Waals surface area contributed by atoms with E-state index < -0.39 is 48.1 Å². The zero-order chi connectivity index (χ0) is 25.6. The summed E-state index contributed by atoms with van der Waals surface area (Å²) in [5.74, 6) is -1.61. The van der Waals surface area contributed by atoms with Crippen molar-refractivity contribution < 1.29 is 30.7 Å². The number of nitrogens with zero attached hydrogens (tertiary/aromatic N) is 1. The lowest BCUT2D eigenvalue weighted by atomic mass is 9.80. The van der Waals surface area contributed by atoms with Gasteiger partial charge in [0.1, 0.15) is 16.4 Å². The van der Waals surface area contributed by atoms with Gasteiger partial charge in [0.15, 0.2) is 9.84 Å². The van der Waals surface area contributed by atoms with Gasteiger partial charge in [0, 0.05) is 29.7 Å². The summed E-state index contributed by atoms with van der Waals surface area (Å²) >= 11 is 5.91. The average molecular weight is 549 g/mol. The third kappa shape index (κ3) is 5.12. The molecule has 1 saturated heterocycles. The summed E-state index contributed by atoms with van der Waals surface area (Å²) in [5.41, 5.74) is -1.39. The van der Waals surface area contributed by atoms with Crippen LogP contribution in [0.1, 0.15) is 44.6 Å². The smallest absolute Gasteiger partial charge is 0.279 e. The molecule has 1 saturated carbocycles. The molecule has 2 aliphatic rings. The van der Waals surface area contributed by atoms with Crippen molar-refractivity contribution >= 4 is 31.6 Å². The third-order valence-corrected chi connectivity index (χ3v) is 11.3. The molecule has 35 heavy (non-hydrogen) atoms. The van der Waals surface area contributed by atoms with Crippen molar-refractivity contribution in [3.05, 3.63) is 64.7 Å². The molecule has 0 radical (unpaired) electrons. The molecule has 2 aromatic carbocycles. The van der Waals surface area contributed by atoms with E-state index >= 15 is 0 Å². The van der Waals surface area contributed by atoms with Gasteiger partial charge in [0.2, 0.25) is 0 Å². The van der Waals surface area contributed by atoms with E-state index in [1.54, 1.807) is 6.92 Å². The number of nitrogens with one attached hydrogen (secondary N) is 1. The number of benzene rings is 2. The SMILES string of the molecule is CC1(O)CCN(S(=O)(=O)NC2CCC(c3cc(F)ccc3F)(S(=O)(=O)c3ccc(Cl)cc3)CC2)C1. The molecule has 0 aromatic heterocycles. The van der Waals surface area contributed by atoms with Crippen LogP contribution < -0.4 is 4.72 Å². The summed E-state index contributed by atoms with van der Waals surface area (Å²) in [6, 6.07) is 7.60. The number of β-amino-alcohol motifs (C(OH)–C–C–N with tert-alkyl or cyclic N) is 1. The van der Waals surface area contributed by atoms with Gasteiger partial charge in [-0.15, -0.1) is 0 Å². The van der Waals surface area contributed by atoms with E-state index in [1.165, 1.54) is 24.3 Å². The maximum Gasteiger partial charge on any atom is 0.279 e. The Kier molecular flexibility index (Phi) is 7.06. The minimum Gasteiger partial charge on any atom is -0.389 e. The highest BCUT2D eigenvalue weighted by atomic mass is 35.5. The van der Waals surface area contributed by atoms with Crippen LogP contribution in [0.2, 0.25) is 5.02 Å². The molecule has 0 bridgehead atoms. The van der Waals surface area contributed by atoms with Gasteiger partial charge in [-0.1, -0.05) is 11.6 Å². The van der Waals surface area contributed by atoms with Crippen molar-refractivity contribution in [2.75, 3.05) is 13.1 Å². The van der Waals surface area contributed by atoms with Crippen LogP contribution in [0.15, 0.2) is 47.4 Å². The zero-order valence-electron chi connectivity index (χ0n) is 19.0. The number of hydrogen-bond acceptors (Lipinski definition) is 5. The maximum absolute atomic E-state index is 15.0.